The largest absolute Gasteiger partial charge is 0.469 e. The molecule has 5 fully saturated rings. The third-order valence-corrected chi connectivity index (χ3v) is 23.9. The Bertz CT molecular complexity index is 2020. The van der Waals surface area contributed by atoms with Gasteiger partial charge >= 0.3 is 5.97 Å². The summed E-state index contributed by atoms with van der Waals surface area (Å²) in [5.74, 6) is 0.763. The molecule has 0 bridgehead atoms. The standard InChI is InChI=1S/C57H92O11SSi/c1-15-35(2)29-51-41(8)47(34-69(60,61)46-19-17-16-18-20-46)53(66-51)33-52-38(5)36(3)30-44(64-52)24-27-48-37(4)31-43(63-48)23-21-42(58)22-26-50(68-70(13,14)57(9,10)11)56-40(7)39(6)55-49(67-56)28-25-45(65-55)32-54(59)62-12/h16-20,22,26,35-36,39-45,47-53,55-56,58H,4-5,15,21,23-25,27-34H2,1-3,6-14H3/b26-22+/t35-,36-,39-,40+,41-,42?,43+,44+,45-,47-,48?,49?,50+,51-,52?,53+,55?,56-/m1/s1. The second-order valence-corrected chi connectivity index (χ2v) is 30.6. The van der Waals surface area contributed by atoms with Crippen molar-refractivity contribution in [2.24, 2.45) is 35.5 Å². The SMILES string of the molecule is C=C1C[C@H](CCC(O)/C=C/[C@H](O[Si](C)(C)C(C)(C)C)[C@@H]2OC3CC[C@H](CC(=O)OC)OC3[C@H](C)[C@@H]2C)OC1CC[C@H]1C[C@@H](C)C(=C)C(C[C@@H]2O[C@H](C[C@H](C)CC)[C@H](C)[C@H]2CS(=O)(=O)c2ccccc2)O1. The fourth-order valence-electron chi connectivity index (χ4n) is 11.4. The molecule has 5 saturated heterocycles. The summed E-state index contributed by atoms with van der Waals surface area (Å²) in [5, 5.41) is 11.4. The summed E-state index contributed by atoms with van der Waals surface area (Å²) < 4.78 is 73.3. The molecule has 5 unspecified atom stereocenters. The minimum atomic E-state index is -3.52. The van der Waals surface area contributed by atoms with Crippen LogP contribution in [0.15, 0.2) is 71.7 Å². The van der Waals surface area contributed by atoms with E-state index in [-0.39, 0.29) is 120 Å². The average Bonchev–Trinajstić information content (AvgIpc) is 3.81. The number of methoxy groups -OCH3 is 1. The second kappa shape index (κ2) is 24.4. The predicted octanol–water partition coefficient (Wildman–Crippen LogP) is 11.4. The zero-order valence-corrected chi connectivity index (χ0v) is 46.8. The van der Waals surface area contributed by atoms with Crippen molar-refractivity contribution in [3.05, 3.63) is 66.8 Å². The number of aliphatic hydroxyl groups excluding tert-OH is 1. The van der Waals surface area contributed by atoms with Gasteiger partial charge in [0.1, 0.15) is 0 Å². The number of carbonyl (C=O) groups excluding carboxylic acids is 1. The highest BCUT2D eigenvalue weighted by atomic mass is 32.2. The zero-order chi connectivity index (χ0) is 51.3. The maximum atomic E-state index is 13.8. The minimum absolute atomic E-state index is 0.00364. The summed E-state index contributed by atoms with van der Waals surface area (Å²) >= 11 is 0. The number of hydrogen-bond acceptors (Lipinski definition) is 11. The molecule has 11 nitrogen and oxygen atoms in total. The molecule has 70 heavy (non-hydrogen) atoms. The Balaban J connectivity index is 1.03. The third kappa shape index (κ3) is 14.3. The lowest BCUT2D eigenvalue weighted by molar-refractivity contribution is -0.238. The van der Waals surface area contributed by atoms with Crippen LogP contribution < -0.4 is 0 Å². The van der Waals surface area contributed by atoms with Gasteiger partial charge in [0.25, 0.3) is 0 Å². The van der Waals surface area contributed by atoms with E-state index in [1.807, 2.05) is 18.2 Å². The van der Waals surface area contributed by atoms with Crippen LogP contribution >= 0.6 is 0 Å². The molecule has 18 atom stereocenters. The number of benzene rings is 1. The molecule has 0 amide bonds. The van der Waals surface area contributed by atoms with Gasteiger partial charge in [-0.15, -0.1) is 0 Å². The van der Waals surface area contributed by atoms with Crippen LogP contribution in [0.3, 0.4) is 0 Å². The number of carbonyl (C=O) groups is 1. The zero-order valence-electron chi connectivity index (χ0n) is 45.0. The Morgan fingerprint density at radius 1 is 0.886 bits per heavy atom. The van der Waals surface area contributed by atoms with Gasteiger partial charge in [0.05, 0.1) is 97.4 Å². The molecular weight excluding hydrogens is 921 g/mol. The molecular formula is C57H92O11SSi. The Hall–Kier alpha value is -2.20. The van der Waals surface area contributed by atoms with Crippen molar-refractivity contribution < 1.29 is 51.2 Å². The highest BCUT2D eigenvalue weighted by molar-refractivity contribution is 7.91. The predicted molar refractivity (Wildman–Crippen MR) is 280 cm³/mol. The maximum absolute atomic E-state index is 13.8. The van der Waals surface area contributed by atoms with E-state index in [0.29, 0.717) is 30.1 Å². The van der Waals surface area contributed by atoms with E-state index in [1.54, 1.807) is 24.3 Å². The average molecular weight is 1010 g/mol. The lowest BCUT2D eigenvalue weighted by Gasteiger charge is -2.51. The van der Waals surface area contributed by atoms with Crippen LogP contribution in [0.4, 0.5) is 0 Å². The van der Waals surface area contributed by atoms with Crippen LogP contribution in [-0.2, 0) is 47.5 Å². The van der Waals surface area contributed by atoms with Gasteiger partial charge in [-0.05, 0) is 129 Å². The van der Waals surface area contributed by atoms with Crippen molar-refractivity contribution in [2.75, 3.05) is 12.9 Å². The first-order valence-electron chi connectivity index (χ1n) is 26.9. The molecule has 5 heterocycles. The molecule has 1 aromatic rings. The summed E-state index contributed by atoms with van der Waals surface area (Å²) in [4.78, 5) is 12.4. The van der Waals surface area contributed by atoms with Gasteiger partial charge in [0, 0.05) is 12.3 Å². The van der Waals surface area contributed by atoms with Gasteiger partial charge < -0.3 is 38.0 Å². The number of fused-ring (bicyclic) bond motifs is 1. The van der Waals surface area contributed by atoms with Gasteiger partial charge in [-0.1, -0.05) is 112 Å². The summed E-state index contributed by atoms with van der Waals surface area (Å²) in [6.45, 7) is 33.4. The van der Waals surface area contributed by atoms with Crippen LogP contribution in [0, 0.1) is 35.5 Å². The number of esters is 1. The van der Waals surface area contributed by atoms with Gasteiger partial charge in [-0.2, -0.15) is 0 Å². The molecule has 0 aliphatic carbocycles. The van der Waals surface area contributed by atoms with Crippen molar-refractivity contribution >= 4 is 24.1 Å². The summed E-state index contributed by atoms with van der Waals surface area (Å²) in [7, 11) is -4.35. The quantitative estimate of drug-likeness (QED) is 0.0716. The van der Waals surface area contributed by atoms with Gasteiger partial charge in [0.2, 0.25) is 0 Å². The second-order valence-electron chi connectivity index (χ2n) is 23.8. The number of aliphatic hydroxyl groups is 1. The van der Waals surface area contributed by atoms with Crippen LogP contribution in [-0.4, -0.2) is 114 Å². The van der Waals surface area contributed by atoms with Crippen molar-refractivity contribution in [3.8, 4) is 0 Å². The molecule has 396 valence electrons. The molecule has 6 rings (SSSR count). The molecule has 0 aromatic heterocycles. The molecule has 0 spiro atoms. The smallest absolute Gasteiger partial charge is 0.308 e. The summed E-state index contributed by atoms with van der Waals surface area (Å²) in [6, 6.07) is 8.80. The normalized spacial score (nSPS) is 35.7. The molecule has 5 aliphatic heterocycles. The number of hydrogen-bond donors (Lipinski definition) is 1. The minimum Gasteiger partial charge on any atom is -0.469 e. The van der Waals surface area contributed by atoms with E-state index in [2.05, 4.69) is 88.6 Å². The van der Waals surface area contributed by atoms with Crippen molar-refractivity contribution in [3.63, 3.8) is 0 Å². The third-order valence-electron chi connectivity index (χ3n) is 17.6. The molecule has 0 radical (unpaired) electrons. The summed E-state index contributed by atoms with van der Waals surface area (Å²) in [6.07, 6.45) is 10.6. The topological polar surface area (TPSA) is 136 Å². The van der Waals surface area contributed by atoms with Crippen LogP contribution in [0.2, 0.25) is 18.1 Å². The van der Waals surface area contributed by atoms with E-state index in [0.717, 1.165) is 62.5 Å². The molecule has 1 aromatic carbocycles. The Morgan fingerprint density at radius 3 is 2.26 bits per heavy atom. The van der Waals surface area contributed by atoms with E-state index >= 15 is 0 Å². The maximum Gasteiger partial charge on any atom is 0.308 e. The number of ether oxygens (including phenoxy) is 6. The lowest BCUT2D eigenvalue weighted by Crippen LogP contribution is -2.58. The van der Waals surface area contributed by atoms with E-state index in [4.69, 9.17) is 32.8 Å². The van der Waals surface area contributed by atoms with Crippen molar-refractivity contribution in [1.82, 2.24) is 0 Å². The van der Waals surface area contributed by atoms with Crippen LogP contribution in [0.5, 0.6) is 0 Å². The van der Waals surface area contributed by atoms with Crippen molar-refractivity contribution in [1.29, 1.82) is 0 Å². The number of rotatable bonds is 21. The van der Waals surface area contributed by atoms with Gasteiger partial charge in [0.15, 0.2) is 18.2 Å². The first-order chi connectivity index (χ1) is 32.9. The van der Waals surface area contributed by atoms with Crippen molar-refractivity contribution in [2.45, 2.75) is 236 Å². The summed E-state index contributed by atoms with van der Waals surface area (Å²) in [5.41, 5.74) is 2.15. The Kier molecular flexibility index (Phi) is 19.9. The highest BCUT2D eigenvalue weighted by Gasteiger charge is 2.50. The molecule has 5 aliphatic rings. The first-order valence-corrected chi connectivity index (χ1v) is 31.5. The fraction of sp³-hybridized carbons (Fsp3) is 0.772. The first kappa shape index (κ1) is 57.1. The molecule has 0 saturated carbocycles. The fourth-order valence-corrected chi connectivity index (χ4v) is 14.5. The monoisotopic (exact) mass is 1010 g/mol. The van der Waals surface area contributed by atoms with Gasteiger partial charge in [-0.3, -0.25) is 4.79 Å². The Morgan fingerprint density at radius 2 is 1.59 bits per heavy atom. The number of sulfone groups is 1. The van der Waals surface area contributed by atoms with E-state index in [1.165, 1.54) is 7.11 Å². The van der Waals surface area contributed by atoms with Gasteiger partial charge in [-0.25, -0.2) is 8.42 Å². The van der Waals surface area contributed by atoms with Crippen LogP contribution in [0.1, 0.15) is 139 Å². The highest BCUT2D eigenvalue weighted by Crippen LogP contribution is 2.45. The molecule has 13 heteroatoms. The van der Waals surface area contributed by atoms with E-state index < -0.39 is 24.3 Å². The van der Waals surface area contributed by atoms with E-state index in [9.17, 15) is 18.3 Å². The molecule has 1 N–H and O–H groups in total. The van der Waals surface area contributed by atoms with Crippen LogP contribution in [0.25, 0.3) is 0 Å². The Labute approximate surface area is 424 Å². The lowest BCUT2D eigenvalue weighted by atomic mass is 9.77.